The van der Waals surface area contributed by atoms with Crippen molar-refractivity contribution >= 4 is 8.32 Å². The van der Waals surface area contributed by atoms with Crippen LogP contribution in [0.3, 0.4) is 0 Å². The summed E-state index contributed by atoms with van der Waals surface area (Å²) < 4.78 is 6.88. The van der Waals surface area contributed by atoms with Gasteiger partial charge >= 0.3 is 0 Å². The summed E-state index contributed by atoms with van der Waals surface area (Å²) in [6.45, 7) is 24.5. The van der Waals surface area contributed by atoms with Gasteiger partial charge in [-0.25, -0.2) is 0 Å². The Bertz CT molecular complexity index is 655. The molecule has 0 saturated carbocycles. The summed E-state index contributed by atoms with van der Waals surface area (Å²) in [5, 5.41) is 9.15. The Kier molecular flexibility index (Phi) is 12.0. The van der Waals surface area contributed by atoms with Crippen molar-refractivity contribution in [1.29, 1.82) is 0 Å². The molecule has 0 aromatic rings. The van der Waals surface area contributed by atoms with Crippen LogP contribution in [0, 0.1) is 5.92 Å². The van der Waals surface area contributed by atoms with Gasteiger partial charge in [0.1, 0.15) is 0 Å². The number of aliphatic hydroxyl groups excluding tert-OH is 1. The molecular formula is C26H46O2Si. The highest BCUT2D eigenvalue weighted by atomic mass is 28.4. The molecule has 0 aromatic carbocycles. The highest BCUT2D eigenvalue weighted by molar-refractivity contribution is 6.74. The predicted octanol–water partition coefficient (Wildman–Crippen LogP) is 7.76. The minimum absolute atomic E-state index is 0.0742. The molecule has 29 heavy (non-hydrogen) atoms. The third kappa shape index (κ3) is 10.4. The zero-order valence-corrected chi connectivity index (χ0v) is 21.9. The molecule has 0 rings (SSSR count). The third-order valence-corrected chi connectivity index (χ3v) is 10.3. The van der Waals surface area contributed by atoms with Crippen LogP contribution in [0.4, 0.5) is 0 Å². The zero-order valence-electron chi connectivity index (χ0n) is 20.9. The maximum Gasteiger partial charge on any atom is 0.192 e. The first-order valence-electron chi connectivity index (χ1n) is 10.9. The van der Waals surface area contributed by atoms with E-state index in [1.54, 1.807) is 0 Å². The predicted molar refractivity (Wildman–Crippen MR) is 133 cm³/mol. The van der Waals surface area contributed by atoms with Crippen molar-refractivity contribution in [3.8, 4) is 0 Å². The average molecular weight is 419 g/mol. The quantitative estimate of drug-likeness (QED) is 0.223. The van der Waals surface area contributed by atoms with E-state index in [4.69, 9.17) is 9.53 Å². The Morgan fingerprint density at radius 2 is 1.66 bits per heavy atom. The average Bonchev–Trinajstić information content (AvgIpc) is 2.58. The summed E-state index contributed by atoms with van der Waals surface area (Å²) >= 11 is 0. The van der Waals surface area contributed by atoms with Gasteiger partial charge < -0.3 is 9.53 Å². The van der Waals surface area contributed by atoms with E-state index >= 15 is 0 Å². The molecule has 2 atom stereocenters. The second-order valence-electron chi connectivity index (χ2n) is 9.83. The molecule has 0 aliphatic carbocycles. The van der Waals surface area contributed by atoms with Gasteiger partial charge in [0.05, 0.1) is 12.7 Å². The molecule has 0 spiro atoms. The summed E-state index contributed by atoms with van der Waals surface area (Å²) in [4.78, 5) is 0. The molecule has 0 unspecified atom stereocenters. The highest BCUT2D eigenvalue weighted by Gasteiger charge is 2.40. The van der Waals surface area contributed by atoms with Crippen molar-refractivity contribution in [2.75, 3.05) is 6.61 Å². The molecule has 0 fully saturated rings. The molecule has 1 N–H and O–H groups in total. The molecule has 0 aliphatic heterocycles. The van der Waals surface area contributed by atoms with Gasteiger partial charge in [-0.1, -0.05) is 80.9 Å². The Labute approximate surface area is 182 Å². The number of hydrogen-bond acceptors (Lipinski definition) is 2. The molecular weight excluding hydrogens is 372 g/mol. The lowest BCUT2D eigenvalue weighted by Gasteiger charge is -2.41. The zero-order chi connectivity index (χ0) is 22.8. The monoisotopic (exact) mass is 418 g/mol. The minimum atomic E-state index is -1.89. The fourth-order valence-electron chi connectivity index (χ4n) is 2.86. The van der Waals surface area contributed by atoms with Gasteiger partial charge in [-0.15, -0.1) is 0 Å². The van der Waals surface area contributed by atoms with Gasteiger partial charge in [-0.2, -0.15) is 0 Å². The Morgan fingerprint density at radius 1 is 1.07 bits per heavy atom. The van der Waals surface area contributed by atoms with E-state index < -0.39 is 8.32 Å². The lowest BCUT2D eigenvalue weighted by molar-refractivity contribution is 0.178. The van der Waals surface area contributed by atoms with E-state index in [9.17, 15) is 0 Å². The number of rotatable bonds is 10. The summed E-state index contributed by atoms with van der Waals surface area (Å²) in [6.07, 6.45) is 13.9. The van der Waals surface area contributed by atoms with Gasteiger partial charge in [0.15, 0.2) is 8.32 Å². The van der Waals surface area contributed by atoms with Crippen LogP contribution < -0.4 is 0 Å². The van der Waals surface area contributed by atoms with Crippen molar-refractivity contribution in [1.82, 2.24) is 0 Å². The van der Waals surface area contributed by atoms with E-state index in [1.165, 1.54) is 22.3 Å². The second kappa shape index (κ2) is 12.5. The topological polar surface area (TPSA) is 29.5 Å². The molecule has 0 aromatic heterocycles. The first kappa shape index (κ1) is 27.8. The number of hydrogen-bond donors (Lipinski definition) is 1. The van der Waals surface area contributed by atoms with Crippen LogP contribution in [0.1, 0.15) is 68.7 Å². The summed E-state index contributed by atoms with van der Waals surface area (Å²) in [7, 11) is -1.89. The standard InChI is InChI=1S/C26H46O2Si/c1-12-20(2)18-23(5)25(28-29(10,11)26(7,8)9)24(6)19-22(4)15-13-14-21(3)16-17-27/h12-13,15-16,18-19,24-25,27H,14,17H2,1-11H3/b15-13+,20-12+,21-16+,22-19-,23-18+/t24-,25+/m1/s1. The van der Waals surface area contributed by atoms with Crippen molar-refractivity contribution in [2.45, 2.75) is 93.0 Å². The maximum atomic E-state index is 8.98. The summed E-state index contributed by atoms with van der Waals surface area (Å²) in [5.74, 6) is 0.281. The van der Waals surface area contributed by atoms with Crippen molar-refractivity contribution in [3.63, 3.8) is 0 Å². The van der Waals surface area contributed by atoms with Gasteiger partial charge in [-0.05, 0) is 64.7 Å². The van der Waals surface area contributed by atoms with Crippen molar-refractivity contribution in [3.05, 3.63) is 58.7 Å². The maximum absolute atomic E-state index is 8.98. The molecule has 3 heteroatoms. The van der Waals surface area contributed by atoms with Crippen LogP contribution in [0.2, 0.25) is 18.1 Å². The molecule has 166 valence electrons. The van der Waals surface area contributed by atoms with Crippen molar-refractivity contribution in [2.24, 2.45) is 5.92 Å². The Morgan fingerprint density at radius 3 is 2.14 bits per heavy atom. The van der Waals surface area contributed by atoms with Crippen LogP contribution in [0.25, 0.3) is 0 Å². The summed E-state index contributed by atoms with van der Waals surface area (Å²) in [6, 6.07) is 0. The molecule has 0 radical (unpaired) electrons. The molecule has 0 heterocycles. The fraction of sp³-hybridized carbons (Fsp3) is 0.615. The van der Waals surface area contributed by atoms with Crippen LogP contribution in [0.15, 0.2) is 58.7 Å². The van der Waals surface area contributed by atoms with Gasteiger partial charge in [-0.3, -0.25) is 0 Å². The Balaban J connectivity index is 5.69. The summed E-state index contributed by atoms with van der Waals surface area (Å²) in [5.41, 5.74) is 4.98. The van der Waals surface area contributed by atoms with Crippen LogP contribution in [-0.2, 0) is 4.43 Å². The number of aliphatic hydroxyl groups is 1. The molecule has 2 nitrogen and oxygen atoms in total. The SMILES string of the molecule is C/C=C(C)/C=C(\C)[C@H](O[Si](C)(C)C(C)(C)C)[C@H](C)/C=C(C)\C=C\C/C(C)=C/CO. The van der Waals surface area contributed by atoms with E-state index in [0.717, 1.165) is 6.42 Å². The normalized spacial score (nSPS) is 17.8. The van der Waals surface area contributed by atoms with E-state index in [-0.39, 0.29) is 23.7 Å². The lowest BCUT2D eigenvalue weighted by atomic mass is 9.95. The largest absolute Gasteiger partial charge is 0.410 e. The number of allylic oxidation sites excluding steroid dienone is 7. The molecule has 0 bridgehead atoms. The highest BCUT2D eigenvalue weighted by Crippen LogP contribution is 2.39. The first-order chi connectivity index (χ1) is 13.2. The molecule has 0 saturated heterocycles. The Hall–Kier alpha value is -1.16. The molecule has 0 amide bonds. The van der Waals surface area contributed by atoms with E-state index in [1.807, 2.05) is 13.0 Å². The third-order valence-electron chi connectivity index (χ3n) is 5.85. The van der Waals surface area contributed by atoms with Crippen LogP contribution >= 0.6 is 0 Å². The van der Waals surface area contributed by atoms with Gasteiger partial charge in [0.2, 0.25) is 0 Å². The minimum Gasteiger partial charge on any atom is -0.410 e. The lowest BCUT2D eigenvalue weighted by Crippen LogP contribution is -2.45. The van der Waals surface area contributed by atoms with Gasteiger partial charge in [0, 0.05) is 5.92 Å². The van der Waals surface area contributed by atoms with E-state index in [2.05, 4.69) is 98.9 Å². The van der Waals surface area contributed by atoms with Gasteiger partial charge in [0.25, 0.3) is 0 Å². The van der Waals surface area contributed by atoms with E-state index in [0.29, 0.717) is 0 Å². The molecule has 0 aliphatic rings. The van der Waals surface area contributed by atoms with Crippen molar-refractivity contribution < 1.29 is 9.53 Å². The fourth-order valence-corrected chi connectivity index (χ4v) is 4.25. The second-order valence-corrected chi connectivity index (χ2v) is 14.6. The smallest absolute Gasteiger partial charge is 0.192 e. The van der Waals surface area contributed by atoms with Crippen LogP contribution in [0.5, 0.6) is 0 Å². The first-order valence-corrected chi connectivity index (χ1v) is 13.8. The van der Waals surface area contributed by atoms with Crippen LogP contribution in [-0.4, -0.2) is 26.1 Å².